The van der Waals surface area contributed by atoms with Crippen LogP contribution in [0, 0.1) is 13.8 Å². The first-order valence-electron chi connectivity index (χ1n) is 5.23. The summed E-state index contributed by atoms with van der Waals surface area (Å²) in [6, 6.07) is 3.00. The van der Waals surface area contributed by atoms with E-state index in [0.717, 1.165) is 6.92 Å². The lowest BCUT2D eigenvalue weighted by Crippen LogP contribution is -2.54. The third kappa shape index (κ3) is 2.17. The minimum atomic E-state index is -4.81. The fourth-order valence-electron chi connectivity index (χ4n) is 1.82. The number of halogens is 3. The van der Waals surface area contributed by atoms with Crippen molar-refractivity contribution < 1.29 is 18.3 Å². The standard InChI is InChI=1S/C12H16F3NO/c1-7-5-4-6-10(8(7)2)11(17,9(3)16)12(13,14)15/h4-6,9,17H,16H2,1-3H3. The van der Waals surface area contributed by atoms with Gasteiger partial charge >= 0.3 is 6.18 Å². The quantitative estimate of drug-likeness (QED) is 0.843. The van der Waals surface area contributed by atoms with Crippen LogP contribution in [0.25, 0.3) is 0 Å². The highest BCUT2D eigenvalue weighted by Crippen LogP contribution is 2.42. The average molecular weight is 247 g/mol. The first-order chi connectivity index (χ1) is 7.62. The van der Waals surface area contributed by atoms with E-state index in [0.29, 0.717) is 11.1 Å². The van der Waals surface area contributed by atoms with Gasteiger partial charge in [0.1, 0.15) is 0 Å². The zero-order valence-electron chi connectivity index (χ0n) is 9.97. The summed E-state index contributed by atoms with van der Waals surface area (Å²) in [4.78, 5) is 0. The van der Waals surface area contributed by atoms with Gasteiger partial charge in [0, 0.05) is 6.04 Å². The van der Waals surface area contributed by atoms with Crippen LogP contribution in [0.2, 0.25) is 0 Å². The number of rotatable bonds is 2. The SMILES string of the molecule is Cc1cccc(C(O)(C(C)N)C(F)(F)F)c1C. The Kier molecular flexibility index (Phi) is 3.55. The number of hydrogen-bond donors (Lipinski definition) is 2. The van der Waals surface area contributed by atoms with E-state index < -0.39 is 17.8 Å². The van der Waals surface area contributed by atoms with Crippen molar-refractivity contribution in [3.05, 3.63) is 34.9 Å². The van der Waals surface area contributed by atoms with Crippen molar-refractivity contribution in [1.82, 2.24) is 0 Å². The van der Waals surface area contributed by atoms with Crippen LogP contribution in [0.15, 0.2) is 18.2 Å². The molecule has 0 heterocycles. The van der Waals surface area contributed by atoms with Crippen LogP contribution < -0.4 is 5.73 Å². The zero-order chi connectivity index (χ0) is 13.4. The van der Waals surface area contributed by atoms with E-state index in [4.69, 9.17) is 5.73 Å². The second-order valence-electron chi connectivity index (χ2n) is 4.30. The summed E-state index contributed by atoms with van der Waals surface area (Å²) < 4.78 is 39.1. The van der Waals surface area contributed by atoms with Gasteiger partial charge in [-0.15, -0.1) is 0 Å². The molecular formula is C12H16F3NO. The summed E-state index contributed by atoms with van der Waals surface area (Å²) in [6.45, 7) is 4.38. The van der Waals surface area contributed by atoms with Gasteiger partial charge in [-0.3, -0.25) is 0 Å². The molecule has 0 saturated carbocycles. The van der Waals surface area contributed by atoms with Crippen LogP contribution >= 0.6 is 0 Å². The lowest BCUT2D eigenvalue weighted by molar-refractivity contribution is -0.273. The van der Waals surface area contributed by atoms with E-state index in [2.05, 4.69) is 0 Å². The Morgan fingerprint density at radius 2 is 1.76 bits per heavy atom. The van der Waals surface area contributed by atoms with Crippen molar-refractivity contribution in [3.63, 3.8) is 0 Å². The summed E-state index contributed by atoms with van der Waals surface area (Å²) in [5, 5.41) is 9.95. The molecule has 2 unspecified atom stereocenters. The highest BCUT2D eigenvalue weighted by atomic mass is 19.4. The number of hydrogen-bond acceptors (Lipinski definition) is 2. The van der Waals surface area contributed by atoms with E-state index in [9.17, 15) is 18.3 Å². The van der Waals surface area contributed by atoms with Gasteiger partial charge in [-0.05, 0) is 37.5 Å². The number of benzene rings is 1. The predicted molar refractivity (Wildman–Crippen MR) is 59.5 cm³/mol. The molecule has 0 fully saturated rings. The first kappa shape index (κ1) is 14.0. The maximum Gasteiger partial charge on any atom is 0.422 e. The minimum Gasteiger partial charge on any atom is -0.375 e. The van der Waals surface area contributed by atoms with Crippen molar-refractivity contribution >= 4 is 0 Å². The van der Waals surface area contributed by atoms with E-state index >= 15 is 0 Å². The fraction of sp³-hybridized carbons (Fsp3) is 0.500. The lowest BCUT2D eigenvalue weighted by Gasteiger charge is -2.35. The van der Waals surface area contributed by atoms with Crippen molar-refractivity contribution in [1.29, 1.82) is 0 Å². The predicted octanol–water partition coefficient (Wildman–Crippen LogP) is 2.40. The average Bonchev–Trinajstić information content (AvgIpc) is 2.19. The Morgan fingerprint density at radius 3 is 2.18 bits per heavy atom. The molecule has 17 heavy (non-hydrogen) atoms. The van der Waals surface area contributed by atoms with Gasteiger partial charge < -0.3 is 10.8 Å². The second kappa shape index (κ2) is 4.31. The minimum absolute atomic E-state index is 0.181. The smallest absolute Gasteiger partial charge is 0.375 e. The molecule has 3 N–H and O–H groups in total. The lowest BCUT2D eigenvalue weighted by atomic mass is 9.83. The van der Waals surface area contributed by atoms with Gasteiger partial charge in [0.05, 0.1) is 0 Å². The molecular weight excluding hydrogens is 231 g/mol. The summed E-state index contributed by atoms with van der Waals surface area (Å²) in [6.07, 6.45) is -4.81. The van der Waals surface area contributed by atoms with Gasteiger partial charge in [-0.25, -0.2) is 0 Å². The van der Waals surface area contributed by atoms with Crippen LogP contribution in [0.3, 0.4) is 0 Å². The first-order valence-corrected chi connectivity index (χ1v) is 5.23. The van der Waals surface area contributed by atoms with Crippen molar-refractivity contribution in [2.75, 3.05) is 0 Å². The maximum atomic E-state index is 13.0. The Hall–Kier alpha value is -1.07. The third-order valence-electron chi connectivity index (χ3n) is 3.11. The maximum absolute atomic E-state index is 13.0. The largest absolute Gasteiger partial charge is 0.422 e. The molecule has 1 aromatic rings. The second-order valence-corrected chi connectivity index (χ2v) is 4.30. The summed E-state index contributed by atoms with van der Waals surface area (Å²) in [5.74, 6) is 0. The monoisotopic (exact) mass is 247 g/mol. The molecule has 1 rings (SSSR count). The zero-order valence-corrected chi connectivity index (χ0v) is 9.97. The van der Waals surface area contributed by atoms with Gasteiger partial charge in [-0.1, -0.05) is 18.2 Å². The molecule has 1 aromatic carbocycles. The van der Waals surface area contributed by atoms with Crippen LogP contribution in [-0.4, -0.2) is 17.3 Å². The van der Waals surface area contributed by atoms with Crippen LogP contribution in [0.1, 0.15) is 23.6 Å². The number of nitrogens with two attached hydrogens (primary N) is 1. The highest BCUT2D eigenvalue weighted by molar-refractivity contribution is 5.39. The molecule has 0 aromatic heterocycles. The van der Waals surface area contributed by atoms with Gasteiger partial charge in [-0.2, -0.15) is 13.2 Å². The van der Waals surface area contributed by atoms with Crippen molar-refractivity contribution in [2.45, 2.75) is 38.6 Å². The molecule has 0 saturated heterocycles. The molecule has 0 aliphatic carbocycles. The fourth-order valence-corrected chi connectivity index (χ4v) is 1.82. The molecule has 96 valence electrons. The van der Waals surface area contributed by atoms with E-state index in [1.165, 1.54) is 12.1 Å². The topological polar surface area (TPSA) is 46.2 Å². The normalized spacial score (nSPS) is 17.6. The van der Waals surface area contributed by atoms with Gasteiger partial charge in [0.15, 0.2) is 0 Å². The van der Waals surface area contributed by atoms with E-state index in [1.807, 2.05) is 0 Å². The van der Waals surface area contributed by atoms with E-state index in [1.54, 1.807) is 19.9 Å². The molecule has 0 spiro atoms. The molecule has 2 nitrogen and oxygen atoms in total. The van der Waals surface area contributed by atoms with Gasteiger partial charge in [0.2, 0.25) is 5.60 Å². The Morgan fingerprint density at radius 1 is 1.24 bits per heavy atom. The Labute approximate surface area is 98.3 Å². The molecule has 0 radical (unpaired) electrons. The number of alkyl halides is 3. The van der Waals surface area contributed by atoms with Crippen LogP contribution in [0.4, 0.5) is 13.2 Å². The van der Waals surface area contributed by atoms with Crippen molar-refractivity contribution in [2.24, 2.45) is 5.73 Å². The van der Waals surface area contributed by atoms with Crippen molar-refractivity contribution in [3.8, 4) is 0 Å². The van der Waals surface area contributed by atoms with Crippen LogP contribution in [0.5, 0.6) is 0 Å². The molecule has 0 aliphatic heterocycles. The molecule has 2 atom stereocenters. The summed E-state index contributed by atoms with van der Waals surface area (Å²) >= 11 is 0. The Bertz CT molecular complexity index is 415. The van der Waals surface area contributed by atoms with E-state index in [-0.39, 0.29) is 5.56 Å². The number of aryl methyl sites for hydroxylation is 1. The molecule has 0 amide bonds. The summed E-state index contributed by atoms with van der Waals surface area (Å²) in [7, 11) is 0. The Balaban J connectivity index is 3.50. The molecule has 0 aliphatic rings. The molecule has 5 heteroatoms. The van der Waals surface area contributed by atoms with Crippen LogP contribution in [-0.2, 0) is 5.60 Å². The number of aliphatic hydroxyl groups is 1. The third-order valence-corrected chi connectivity index (χ3v) is 3.11. The highest BCUT2D eigenvalue weighted by Gasteiger charge is 2.58. The van der Waals surface area contributed by atoms with Gasteiger partial charge in [0.25, 0.3) is 0 Å². The summed E-state index contributed by atoms with van der Waals surface area (Å²) in [5.41, 5.74) is 3.24. The molecule has 0 bridgehead atoms.